The van der Waals surface area contributed by atoms with E-state index in [4.69, 9.17) is 22.1 Å². The van der Waals surface area contributed by atoms with Crippen LogP contribution in [0.25, 0.3) is 0 Å². The lowest BCUT2D eigenvalue weighted by Crippen LogP contribution is -2.38. The Hall–Kier alpha value is -3.92. The molecule has 1 amide bonds. The van der Waals surface area contributed by atoms with Gasteiger partial charge >= 0.3 is 0 Å². The third kappa shape index (κ3) is 5.54. The summed E-state index contributed by atoms with van der Waals surface area (Å²) < 4.78 is 6.09. The maximum atomic E-state index is 13.3. The summed E-state index contributed by atoms with van der Waals surface area (Å²) in [7, 11) is 0. The fourth-order valence-corrected chi connectivity index (χ4v) is 6.55. The maximum absolute atomic E-state index is 13.3. The van der Waals surface area contributed by atoms with E-state index in [1.54, 1.807) is 17.0 Å². The molecule has 204 valence electrons. The second kappa shape index (κ2) is 12.1. The monoisotopic (exact) mass is 593 g/mol. The van der Waals surface area contributed by atoms with Gasteiger partial charge in [-0.3, -0.25) is 14.5 Å². The Labute approximate surface area is 243 Å². The van der Waals surface area contributed by atoms with Crippen LogP contribution in [0.5, 0.6) is 5.75 Å². The molecule has 3 N–H and O–H groups in total. The van der Waals surface area contributed by atoms with Crippen molar-refractivity contribution in [2.24, 2.45) is 5.73 Å². The quantitative estimate of drug-likeness (QED) is 0.269. The van der Waals surface area contributed by atoms with E-state index < -0.39 is 5.92 Å². The number of hydrogen-bond acceptors (Lipinski definition) is 11. The molecule has 1 atom stereocenters. The highest BCUT2D eigenvalue weighted by atomic mass is 35.5. The van der Waals surface area contributed by atoms with Gasteiger partial charge in [-0.05, 0) is 49.6 Å². The Morgan fingerprint density at radius 1 is 1.30 bits per heavy atom. The van der Waals surface area contributed by atoms with Gasteiger partial charge in [0.05, 0.1) is 35.6 Å². The molecular formula is C27H24ClN7O3S2. The minimum Gasteiger partial charge on any atom is -0.494 e. The molecule has 2 aromatic heterocycles. The SMILES string of the molecule is CCOc1ccc(C2C(C#N)=C(N)N(c3nnc(SCC(=O)Nc4cccnc4Cl)s3)C3=C2C(=O)CCC3)cc1. The van der Waals surface area contributed by atoms with Crippen LogP contribution in [-0.2, 0) is 9.59 Å². The van der Waals surface area contributed by atoms with Gasteiger partial charge in [-0.25, -0.2) is 4.98 Å². The van der Waals surface area contributed by atoms with E-state index >= 15 is 0 Å². The lowest BCUT2D eigenvalue weighted by atomic mass is 9.76. The van der Waals surface area contributed by atoms with E-state index in [0.717, 1.165) is 11.3 Å². The van der Waals surface area contributed by atoms with Crippen molar-refractivity contribution in [3.8, 4) is 11.8 Å². The van der Waals surface area contributed by atoms with Crippen molar-refractivity contribution in [3.63, 3.8) is 0 Å². The van der Waals surface area contributed by atoms with Crippen molar-refractivity contribution in [1.82, 2.24) is 15.2 Å². The number of aromatic nitrogens is 3. The van der Waals surface area contributed by atoms with Gasteiger partial charge in [0, 0.05) is 23.9 Å². The first-order valence-electron chi connectivity index (χ1n) is 12.5. The molecule has 1 aliphatic carbocycles. The van der Waals surface area contributed by atoms with Gasteiger partial charge in [0.2, 0.25) is 11.0 Å². The van der Waals surface area contributed by atoms with E-state index in [0.29, 0.717) is 52.4 Å². The van der Waals surface area contributed by atoms with Gasteiger partial charge in [0.25, 0.3) is 0 Å². The number of thioether (sulfide) groups is 1. The number of nitrogens with two attached hydrogens (primary N) is 1. The van der Waals surface area contributed by atoms with Crippen LogP contribution >= 0.6 is 34.7 Å². The lowest BCUT2D eigenvalue weighted by molar-refractivity contribution is -0.116. The van der Waals surface area contributed by atoms with E-state index in [2.05, 4.69) is 26.6 Å². The molecule has 10 nitrogen and oxygen atoms in total. The number of rotatable bonds is 8. The van der Waals surface area contributed by atoms with Crippen LogP contribution in [0.1, 0.15) is 37.7 Å². The molecule has 2 aliphatic rings. The zero-order valence-electron chi connectivity index (χ0n) is 21.4. The van der Waals surface area contributed by atoms with Crippen LogP contribution < -0.4 is 20.7 Å². The number of carbonyl (C=O) groups is 2. The summed E-state index contributed by atoms with van der Waals surface area (Å²) in [6.45, 7) is 2.44. The molecule has 3 heterocycles. The van der Waals surface area contributed by atoms with Crippen LogP contribution in [0.4, 0.5) is 10.8 Å². The highest BCUT2D eigenvalue weighted by Gasteiger charge is 2.41. The number of benzene rings is 1. The van der Waals surface area contributed by atoms with E-state index in [-0.39, 0.29) is 34.0 Å². The highest BCUT2D eigenvalue weighted by molar-refractivity contribution is 8.01. The first-order valence-corrected chi connectivity index (χ1v) is 14.6. The number of carbonyl (C=O) groups excluding carboxylic acids is 2. The first kappa shape index (κ1) is 27.6. The number of anilines is 2. The zero-order chi connectivity index (χ0) is 28.2. The topological polar surface area (TPSA) is 147 Å². The van der Waals surface area contributed by atoms with Gasteiger partial charge in [-0.2, -0.15) is 5.26 Å². The van der Waals surface area contributed by atoms with Crippen LogP contribution in [0.2, 0.25) is 5.15 Å². The molecule has 0 fully saturated rings. The van der Waals surface area contributed by atoms with Crippen LogP contribution in [0.15, 0.2) is 69.6 Å². The molecule has 0 bridgehead atoms. The van der Waals surface area contributed by atoms with Crippen molar-refractivity contribution in [1.29, 1.82) is 5.26 Å². The third-order valence-electron chi connectivity index (χ3n) is 6.38. The molecule has 0 saturated carbocycles. The van der Waals surface area contributed by atoms with Gasteiger partial charge in [-0.15, -0.1) is 10.2 Å². The Morgan fingerprint density at radius 3 is 2.83 bits per heavy atom. The number of nitriles is 1. The Kier molecular flexibility index (Phi) is 8.35. The van der Waals surface area contributed by atoms with Gasteiger partial charge in [-0.1, -0.05) is 46.8 Å². The third-order valence-corrected chi connectivity index (χ3v) is 8.73. The Morgan fingerprint density at radius 2 is 2.10 bits per heavy atom. The van der Waals surface area contributed by atoms with Gasteiger partial charge in [0.15, 0.2) is 15.3 Å². The first-order chi connectivity index (χ1) is 19.4. The number of halogens is 1. The largest absolute Gasteiger partial charge is 0.494 e. The fraction of sp³-hybridized carbons (Fsp3) is 0.259. The molecule has 1 aliphatic heterocycles. The number of ketones is 1. The van der Waals surface area contributed by atoms with Crippen molar-refractivity contribution in [3.05, 3.63) is 76.0 Å². The van der Waals surface area contributed by atoms with E-state index in [1.807, 2.05) is 31.2 Å². The number of pyridine rings is 1. The minimum absolute atomic E-state index is 0.0183. The molecule has 3 aromatic rings. The fourth-order valence-electron chi connectivity index (χ4n) is 4.71. The number of nitrogens with zero attached hydrogens (tertiary/aromatic N) is 5. The van der Waals surface area contributed by atoms with E-state index in [9.17, 15) is 14.9 Å². The zero-order valence-corrected chi connectivity index (χ0v) is 23.8. The molecule has 0 saturated heterocycles. The summed E-state index contributed by atoms with van der Waals surface area (Å²) in [5.74, 6) is 0.119. The van der Waals surface area contributed by atoms with Crippen molar-refractivity contribution >= 4 is 57.2 Å². The van der Waals surface area contributed by atoms with E-state index in [1.165, 1.54) is 29.3 Å². The molecule has 0 spiro atoms. The van der Waals surface area contributed by atoms with Gasteiger partial charge < -0.3 is 15.8 Å². The summed E-state index contributed by atoms with van der Waals surface area (Å²) in [5.41, 5.74) is 9.38. The molecule has 1 unspecified atom stereocenters. The standard InChI is InChI=1S/C27H24ClN7O3S2/c1-2-38-16-10-8-15(9-11-16)22-17(13-29)25(30)35(19-6-3-7-20(36)23(19)22)26-33-34-27(40-26)39-14-21(37)32-18-5-4-12-31-24(18)28/h4-5,8-12,22H,2-3,6-7,14,30H2,1H3,(H,32,37). The predicted octanol–water partition coefficient (Wildman–Crippen LogP) is 5.02. The summed E-state index contributed by atoms with van der Waals surface area (Å²) in [6, 6.07) is 13.0. The Balaban J connectivity index is 1.42. The maximum Gasteiger partial charge on any atom is 0.234 e. The summed E-state index contributed by atoms with van der Waals surface area (Å²) >= 11 is 8.45. The molecule has 5 rings (SSSR count). The number of Topliss-reactive ketones (excluding diaryl/α,β-unsaturated/α-hetero) is 1. The van der Waals surface area contributed by atoms with Gasteiger partial charge in [0.1, 0.15) is 11.6 Å². The average Bonchev–Trinajstić information content (AvgIpc) is 3.42. The van der Waals surface area contributed by atoms with Crippen LogP contribution in [0, 0.1) is 11.3 Å². The highest BCUT2D eigenvalue weighted by Crippen LogP contribution is 2.47. The summed E-state index contributed by atoms with van der Waals surface area (Å²) in [5, 5.41) is 22.1. The molecular weight excluding hydrogens is 570 g/mol. The predicted molar refractivity (Wildman–Crippen MR) is 154 cm³/mol. The second-order valence-electron chi connectivity index (χ2n) is 8.85. The smallest absolute Gasteiger partial charge is 0.234 e. The number of nitrogens with one attached hydrogen (secondary N) is 1. The van der Waals surface area contributed by atoms with Crippen molar-refractivity contribution in [2.75, 3.05) is 22.6 Å². The number of allylic oxidation sites excluding steroid dienone is 3. The normalized spacial score (nSPS) is 17.0. The molecule has 1 aromatic carbocycles. The van der Waals surface area contributed by atoms with Crippen molar-refractivity contribution in [2.45, 2.75) is 36.4 Å². The number of ether oxygens (including phenoxy) is 1. The number of amides is 1. The van der Waals surface area contributed by atoms with Crippen molar-refractivity contribution < 1.29 is 14.3 Å². The molecule has 40 heavy (non-hydrogen) atoms. The second-order valence-corrected chi connectivity index (χ2v) is 11.4. The summed E-state index contributed by atoms with van der Waals surface area (Å²) in [4.78, 5) is 31.4. The number of hydrogen-bond donors (Lipinski definition) is 2. The van der Waals surface area contributed by atoms with Crippen LogP contribution in [0.3, 0.4) is 0 Å². The minimum atomic E-state index is -0.579. The Bertz CT molecular complexity index is 1560. The molecule has 0 radical (unpaired) electrons. The summed E-state index contributed by atoms with van der Waals surface area (Å²) in [6.07, 6.45) is 3.20. The molecule has 13 heteroatoms. The average molecular weight is 594 g/mol. The van der Waals surface area contributed by atoms with Crippen LogP contribution in [-0.4, -0.2) is 39.2 Å². The lowest BCUT2D eigenvalue weighted by Gasteiger charge is -2.38.